The first-order valence-electron chi connectivity index (χ1n) is 9.17. The molecule has 0 N–H and O–H groups in total. The molecular weight excluding hydrogens is 344 g/mol. The highest BCUT2D eigenvalue weighted by Gasteiger charge is 2.24. The smallest absolute Gasteiger partial charge is 0.123 e. The van der Waals surface area contributed by atoms with Gasteiger partial charge in [-0.25, -0.2) is 4.98 Å². The molecule has 4 nitrogen and oxygen atoms in total. The molecule has 0 bridgehead atoms. The van der Waals surface area contributed by atoms with Crippen LogP contribution >= 0.6 is 11.3 Å². The molecule has 0 amide bonds. The monoisotopic (exact) mass is 368 g/mol. The molecule has 5 heteroatoms. The molecule has 1 saturated carbocycles. The van der Waals surface area contributed by atoms with Crippen molar-refractivity contribution in [1.29, 1.82) is 0 Å². The molecular formula is C21H24N2O2S. The van der Waals surface area contributed by atoms with Gasteiger partial charge in [0.15, 0.2) is 0 Å². The average molecular weight is 369 g/mol. The zero-order valence-electron chi connectivity index (χ0n) is 15.1. The fourth-order valence-electron chi connectivity index (χ4n) is 3.66. The summed E-state index contributed by atoms with van der Waals surface area (Å²) >= 11 is 1.70. The minimum Gasteiger partial charge on any atom is -0.497 e. The molecule has 1 aliphatic rings. The van der Waals surface area contributed by atoms with Gasteiger partial charge in [-0.2, -0.15) is 0 Å². The van der Waals surface area contributed by atoms with E-state index in [1.807, 2.05) is 24.3 Å². The van der Waals surface area contributed by atoms with E-state index in [9.17, 15) is 0 Å². The molecule has 3 aromatic rings. The van der Waals surface area contributed by atoms with Gasteiger partial charge in [0, 0.05) is 23.5 Å². The summed E-state index contributed by atoms with van der Waals surface area (Å²) in [6, 6.07) is 12.8. The number of thiazole rings is 1. The number of nitrogens with zero attached hydrogens (tertiary/aromatic N) is 2. The van der Waals surface area contributed by atoms with Gasteiger partial charge in [0.1, 0.15) is 16.5 Å². The fourth-order valence-corrected chi connectivity index (χ4v) is 4.47. The molecule has 0 spiro atoms. The molecule has 136 valence electrons. The highest BCUT2D eigenvalue weighted by atomic mass is 32.1. The van der Waals surface area contributed by atoms with Gasteiger partial charge < -0.3 is 9.15 Å². The topological polar surface area (TPSA) is 38.5 Å². The van der Waals surface area contributed by atoms with E-state index in [1.165, 1.54) is 25.7 Å². The van der Waals surface area contributed by atoms with Crippen LogP contribution in [0.15, 0.2) is 52.5 Å². The van der Waals surface area contributed by atoms with E-state index in [4.69, 9.17) is 14.1 Å². The van der Waals surface area contributed by atoms with Crippen molar-refractivity contribution in [1.82, 2.24) is 9.88 Å². The fraction of sp³-hybridized carbons (Fsp3) is 0.381. The van der Waals surface area contributed by atoms with Crippen LogP contribution in [0, 0.1) is 0 Å². The number of methoxy groups -OCH3 is 1. The second-order valence-corrected chi connectivity index (χ2v) is 7.66. The van der Waals surface area contributed by atoms with Crippen molar-refractivity contribution in [2.45, 2.75) is 44.8 Å². The summed E-state index contributed by atoms with van der Waals surface area (Å²) in [6.07, 6.45) is 6.95. The van der Waals surface area contributed by atoms with Crippen molar-refractivity contribution in [3.8, 4) is 16.3 Å². The van der Waals surface area contributed by atoms with E-state index < -0.39 is 0 Å². The molecule has 1 aromatic carbocycles. The SMILES string of the molecule is COc1cccc(-c2nc(CN(Cc3ccco3)C3CCCC3)cs2)c1. The Kier molecular flexibility index (Phi) is 5.37. The third-order valence-electron chi connectivity index (χ3n) is 5.01. The Labute approximate surface area is 158 Å². The lowest BCUT2D eigenvalue weighted by Crippen LogP contribution is -2.32. The van der Waals surface area contributed by atoms with E-state index in [1.54, 1.807) is 24.7 Å². The van der Waals surface area contributed by atoms with Crippen LogP contribution < -0.4 is 4.74 Å². The Morgan fingerprint density at radius 1 is 1.19 bits per heavy atom. The molecule has 0 aliphatic heterocycles. The lowest BCUT2D eigenvalue weighted by molar-refractivity contribution is 0.165. The van der Waals surface area contributed by atoms with Crippen LogP contribution in [0.5, 0.6) is 5.75 Å². The Bertz CT molecular complexity index is 822. The van der Waals surface area contributed by atoms with Crippen LogP contribution in [-0.2, 0) is 13.1 Å². The minimum absolute atomic E-state index is 0.627. The maximum absolute atomic E-state index is 5.59. The zero-order chi connectivity index (χ0) is 17.8. The van der Waals surface area contributed by atoms with Crippen LogP contribution in [-0.4, -0.2) is 23.0 Å². The highest BCUT2D eigenvalue weighted by Crippen LogP contribution is 2.30. The number of furan rings is 1. The van der Waals surface area contributed by atoms with Gasteiger partial charge in [-0.15, -0.1) is 11.3 Å². The van der Waals surface area contributed by atoms with Gasteiger partial charge in [-0.05, 0) is 37.1 Å². The van der Waals surface area contributed by atoms with Crippen molar-refractivity contribution in [2.75, 3.05) is 7.11 Å². The van der Waals surface area contributed by atoms with Crippen molar-refractivity contribution < 1.29 is 9.15 Å². The van der Waals surface area contributed by atoms with Crippen molar-refractivity contribution in [2.24, 2.45) is 0 Å². The predicted molar refractivity (Wildman–Crippen MR) is 104 cm³/mol. The van der Waals surface area contributed by atoms with Gasteiger partial charge in [0.25, 0.3) is 0 Å². The highest BCUT2D eigenvalue weighted by molar-refractivity contribution is 7.13. The Hall–Kier alpha value is -2.11. The second kappa shape index (κ2) is 8.06. The number of ether oxygens (including phenoxy) is 1. The second-order valence-electron chi connectivity index (χ2n) is 6.80. The molecule has 0 unspecified atom stereocenters. The minimum atomic E-state index is 0.627. The molecule has 0 radical (unpaired) electrons. The molecule has 2 aromatic heterocycles. The maximum atomic E-state index is 5.59. The standard InChI is InChI=1S/C21H24N2O2S/c1-24-19-9-4-6-16(12-19)21-22-17(15-26-21)13-23(18-7-2-3-8-18)14-20-10-5-11-25-20/h4-6,9-12,15,18H,2-3,7-8,13-14H2,1H3. The van der Waals surface area contributed by atoms with Crippen LogP contribution in [0.25, 0.3) is 10.6 Å². The number of rotatable bonds is 7. The number of hydrogen-bond donors (Lipinski definition) is 0. The van der Waals surface area contributed by atoms with Crippen LogP contribution in [0.3, 0.4) is 0 Å². The summed E-state index contributed by atoms with van der Waals surface area (Å²) in [6.45, 7) is 1.72. The van der Waals surface area contributed by atoms with E-state index in [0.717, 1.165) is 40.9 Å². The summed E-state index contributed by atoms with van der Waals surface area (Å²) in [7, 11) is 1.69. The number of hydrogen-bond acceptors (Lipinski definition) is 5. The summed E-state index contributed by atoms with van der Waals surface area (Å²) in [5.74, 6) is 1.89. The first-order chi connectivity index (χ1) is 12.8. The first-order valence-corrected chi connectivity index (χ1v) is 10.0. The molecule has 2 heterocycles. The van der Waals surface area contributed by atoms with Crippen molar-refractivity contribution in [3.63, 3.8) is 0 Å². The third kappa shape index (κ3) is 4.00. The summed E-state index contributed by atoms with van der Waals surface area (Å²) < 4.78 is 10.9. The molecule has 0 saturated heterocycles. The quantitative estimate of drug-likeness (QED) is 0.563. The van der Waals surface area contributed by atoms with Crippen LogP contribution in [0.1, 0.15) is 37.1 Å². The van der Waals surface area contributed by atoms with Gasteiger partial charge >= 0.3 is 0 Å². The normalized spacial score (nSPS) is 15.0. The molecule has 1 fully saturated rings. The largest absolute Gasteiger partial charge is 0.497 e. The van der Waals surface area contributed by atoms with Crippen LogP contribution in [0.4, 0.5) is 0 Å². The van der Waals surface area contributed by atoms with Gasteiger partial charge in [-0.1, -0.05) is 25.0 Å². The van der Waals surface area contributed by atoms with E-state index in [2.05, 4.69) is 22.4 Å². The van der Waals surface area contributed by atoms with Crippen molar-refractivity contribution >= 4 is 11.3 Å². The summed E-state index contributed by atoms with van der Waals surface area (Å²) in [4.78, 5) is 7.41. The first kappa shape index (κ1) is 17.3. The third-order valence-corrected chi connectivity index (χ3v) is 5.95. The van der Waals surface area contributed by atoms with Gasteiger partial charge in [0.05, 0.1) is 25.6 Å². The Morgan fingerprint density at radius 2 is 2.08 bits per heavy atom. The van der Waals surface area contributed by atoms with Gasteiger partial charge in [0.2, 0.25) is 0 Å². The van der Waals surface area contributed by atoms with Gasteiger partial charge in [-0.3, -0.25) is 4.90 Å². The van der Waals surface area contributed by atoms with Crippen LogP contribution in [0.2, 0.25) is 0 Å². The molecule has 1 aliphatic carbocycles. The molecule has 26 heavy (non-hydrogen) atoms. The average Bonchev–Trinajstić information content (AvgIpc) is 3.43. The number of aromatic nitrogens is 1. The lowest BCUT2D eigenvalue weighted by Gasteiger charge is -2.27. The number of benzene rings is 1. The van der Waals surface area contributed by atoms with E-state index >= 15 is 0 Å². The van der Waals surface area contributed by atoms with E-state index in [0.29, 0.717) is 6.04 Å². The van der Waals surface area contributed by atoms with E-state index in [-0.39, 0.29) is 0 Å². The Balaban J connectivity index is 1.51. The summed E-state index contributed by atoms with van der Waals surface area (Å²) in [5, 5.41) is 3.22. The predicted octanol–water partition coefficient (Wildman–Crippen LogP) is 5.36. The van der Waals surface area contributed by atoms with Crippen molar-refractivity contribution in [3.05, 3.63) is 59.5 Å². The summed E-state index contributed by atoms with van der Waals surface area (Å²) in [5.41, 5.74) is 2.24. The lowest BCUT2D eigenvalue weighted by atomic mass is 10.2. The molecule has 0 atom stereocenters. The Morgan fingerprint density at radius 3 is 2.85 bits per heavy atom. The molecule has 4 rings (SSSR count). The maximum Gasteiger partial charge on any atom is 0.123 e. The zero-order valence-corrected chi connectivity index (χ0v) is 15.9.